The van der Waals surface area contributed by atoms with Gasteiger partial charge in [-0.05, 0) is 24.6 Å². The van der Waals surface area contributed by atoms with Gasteiger partial charge < -0.3 is 15.4 Å². The van der Waals surface area contributed by atoms with Crippen LogP contribution < -0.4 is 10.6 Å². The van der Waals surface area contributed by atoms with E-state index in [2.05, 4.69) is 15.6 Å². The Hall–Kier alpha value is -1.92. The quantitative estimate of drug-likeness (QED) is 0.382. The molecule has 1 aliphatic rings. The smallest absolute Gasteiger partial charge is 0.379 e. The van der Waals surface area contributed by atoms with E-state index >= 15 is 0 Å². The van der Waals surface area contributed by atoms with Crippen LogP contribution in [0, 0.1) is 5.82 Å². The largest absolute Gasteiger partial charge is 0.416 e. The molecule has 0 bridgehead atoms. The maximum Gasteiger partial charge on any atom is 0.416 e. The predicted octanol–water partition coefficient (Wildman–Crippen LogP) is 1.56. The van der Waals surface area contributed by atoms with E-state index in [9.17, 15) is 26.0 Å². The first-order valence-electron chi connectivity index (χ1n) is 9.07. The Balaban J connectivity index is 2.02. The lowest BCUT2D eigenvalue weighted by Crippen LogP contribution is -2.45. The lowest BCUT2D eigenvalue weighted by Gasteiger charge is -2.26. The van der Waals surface area contributed by atoms with E-state index < -0.39 is 27.6 Å². The summed E-state index contributed by atoms with van der Waals surface area (Å²) in [5.74, 6) is -1.01. The number of morpholine rings is 1. The van der Waals surface area contributed by atoms with Crippen LogP contribution in [0.1, 0.15) is 18.1 Å². The second kappa shape index (κ2) is 10.2. The molecule has 1 fully saturated rings. The molecule has 0 spiro atoms. The van der Waals surface area contributed by atoms with Crippen molar-refractivity contribution in [1.82, 2.24) is 14.9 Å². The molecule has 29 heavy (non-hydrogen) atoms. The number of guanidine groups is 1. The molecular weight excluding hydrogens is 416 g/mol. The number of nitrogens with one attached hydrogen (secondary N) is 2. The van der Waals surface area contributed by atoms with Gasteiger partial charge in [-0.3, -0.25) is 0 Å². The van der Waals surface area contributed by atoms with Crippen LogP contribution in [0.3, 0.4) is 0 Å². The van der Waals surface area contributed by atoms with Crippen molar-refractivity contribution < 1.29 is 30.7 Å². The Bertz CT molecular complexity index is 809. The molecule has 0 saturated carbocycles. The second-order valence-corrected chi connectivity index (χ2v) is 8.34. The highest BCUT2D eigenvalue weighted by atomic mass is 32.2. The number of ether oxygens (including phenoxy) is 1. The van der Waals surface area contributed by atoms with Crippen molar-refractivity contribution in [3.8, 4) is 0 Å². The lowest BCUT2D eigenvalue weighted by atomic mass is 10.1. The van der Waals surface area contributed by atoms with Crippen molar-refractivity contribution in [3.63, 3.8) is 0 Å². The van der Waals surface area contributed by atoms with E-state index in [4.69, 9.17) is 4.74 Å². The number of benzene rings is 1. The Kier molecular flexibility index (Phi) is 8.23. The maximum atomic E-state index is 13.2. The van der Waals surface area contributed by atoms with Gasteiger partial charge in [0.2, 0.25) is 10.0 Å². The summed E-state index contributed by atoms with van der Waals surface area (Å²) in [7, 11) is -3.47. The van der Waals surface area contributed by atoms with Crippen LogP contribution in [-0.2, 0) is 27.5 Å². The summed E-state index contributed by atoms with van der Waals surface area (Å²) in [5, 5.41) is 5.65. The molecule has 0 atom stereocenters. The third kappa shape index (κ3) is 7.12. The minimum absolute atomic E-state index is 0.0288. The number of alkyl halides is 3. The summed E-state index contributed by atoms with van der Waals surface area (Å²) in [5.41, 5.74) is -1.27. The topological polar surface area (TPSA) is 83.0 Å². The van der Waals surface area contributed by atoms with E-state index in [1.165, 1.54) is 4.31 Å². The highest BCUT2D eigenvalue weighted by Crippen LogP contribution is 2.32. The number of hydrogen-bond donors (Lipinski definition) is 2. The number of halogens is 4. The Morgan fingerprint density at radius 1 is 1.24 bits per heavy atom. The Labute approximate surface area is 167 Å². The predicted molar refractivity (Wildman–Crippen MR) is 100 cm³/mol. The van der Waals surface area contributed by atoms with Gasteiger partial charge in [0.25, 0.3) is 0 Å². The molecule has 7 nitrogen and oxygen atoms in total. The molecule has 0 radical (unpaired) electrons. The monoisotopic (exact) mass is 440 g/mol. The minimum Gasteiger partial charge on any atom is -0.379 e. The normalized spacial score (nSPS) is 16.7. The fourth-order valence-electron chi connectivity index (χ4n) is 2.71. The summed E-state index contributed by atoms with van der Waals surface area (Å²) in [4.78, 5) is 4.06. The van der Waals surface area contributed by atoms with Gasteiger partial charge in [-0.15, -0.1) is 0 Å². The number of hydrogen-bond acceptors (Lipinski definition) is 4. The molecule has 1 aromatic rings. The van der Waals surface area contributed by atoms with Crippen LogP contribution in [0.25, 0.3) is 0 Å². The average Bonchev–Trinajstić information content (AvgIpc) is 2.66. The van der Waals surface area contributed by atoms with E-state index in [1.54, 1.807) is 6.92 Å². The zero-order valence-corrected chi connectivity index (χ0v) is 16.7. The van der Waals surface area contributed by atoms with E-state index in [0.717, 1.165) is 12.1 Å². The summed E-state index contributed by atoms with van der Waals surface area (Å²) < 4.78 is 83.5. The molecule has 2 N–H and O–H groups in total. The van der Waals surface area contributed by atoms with Gasteiger partial charge in [0.15, 0.2) is 5.96 Å². The first kappa shape index (κ1) is 23.4. The van der Waals surface area contributed by atoms with Gasteiger partial charge in [-0.25, -0.2) is 17.8 Å². The summed E-state index contributed by atoms with van der Waals surface area (Å²) in [6, 6.07) is 2.41. The van der Waals surface area contributed by atoms with Gasteiger partial charge in [0, 0.05) is 26.2 Å². The zero-order chi connectivity index (χ0) is 21.5. The first-order valence-corrected chi connectivity index (χ1v) is 10.7. The molecular formula is C17H24F4N4O3S. The van der Waals surface area contributed by atoms with Crippen LogP contribution in [0.5, 0.6) is 0 Å². The summed E-state index contributed by atoms with van der Waals surface area (Å²) >= 11 is 0. The number of sulfonamides is 1. The highest BCUT2D eigenvalue weighted by molar-refractivity contribution is 7.89. The minimum atomic E-state index is -4.70. The summed E-state index contributed by atoms with van der Waals surface area (Å²) in [6.45, 7) is 3.15. The zero-order valence-electron chi connectivity index (χ0n) is 15.9. The molecule has 1 aliphatic heterocycles. The molecule has 0 aromatic heterocycles. The SMILES string of the molecule is CCNC(=NCc1ccc(F)cc1C(F)(F)F)NCCS(=O)(=O)N1CCOCC1. The van der Waals surface area contributed by atoms with Gasteiger partial charge >= 0.3 is 6.18 Å². The fraction of sp³-hybridized carbons (Fsp3) is 0.588. The third-order valence-electron chi connectivity index (χ3n) is 4.14. The van der Waals surface area contributed by atoms with Crippen LogP contribution in [0.15, 0.2) is 23.2 Å². The van der Waals surface area contributed by atoms with Crippen molar-refractivity contribution in [2.75, 3.05) is 45.1 Å². The number of nitrogens with zero attached hydrogens (tertiary/aromatic N) is 2. The van der Waals surface area contributed by atoms with E-state index in [1.807, 2.05) is 0 Å². The lowest BCUT2D eigenvalue weighted by molar-refractivity contribution is -0.138. The number of aliphatic imine (C=N–C) groups is 1. The molecule has 12 heteroatoms. The molecule has 1 heterocycles. The van der Waals surface area contributed by atoms with Crippen LogP contribution in [-0.4, -0.2) is 63.8 Å². The average molecular weight is 440 g/mol. The molecule has 2 rings (SSSR count). The molecule has 0 unspecified atom stereocenters. The molecule has 0 aliphatic carbocycles. The van der Waals surface area contributed by atoms with Gasteiger partial charge in [0.05, 0.1) is 31.1 Å². The first-order chi connectivity index (χ1) is 13.6. The molecule has 164 valence electrons. The molecule has 1 aromatic carbocycles. The molecule has 1 saturated heterocycles. The van der Waals surface area contributed by atoms with Gasteiger partial charge in [-0.2, -0.15) is 17.5 Å². The maximum absolute atomic E-state index is 13.2. The van der Waals surface area contributed by atoms with Crippen LogP contribution >= 0.6 is 0 Å². The summed E-state index contributed by atoms with van der Waals surface area (Å²) in [6.07, 6.45) is -4.70. The number of rotatable bonds is 7. The Morgan fingerprint density at radius 3 is 2.55 bits per heavy atom. The highest BCUT2D eigenvalue weighted by Gasteiger charge is 2.33. The second-order valence-electron chi connectivity index (χ2n) is 6.25. The standard InChI is InChI=1S/C17H24F4N4O3S/c1-2-22-16(23-5-10-29(26,27)25-6-8-28-9-7-25)24-12-13-3-4-14(18)11-15(13)17(19,20)21/h3-4,11H,2,5-10,12H2,1H3,(H2,22,23,24). The van der Waals surface area contributed by atoms with Crippen molar-refractivity contribution in [2.45, 2.75) is 19.6 Å². The van der Waals surface area contributed by atoms with Crippen molar-refractivity contribution in [2.24, 2.45) is 4.99 Å². The van der Waals surface area contributed by atoms with Crippen molar-refractivity contribution >= 4 is 16.0 Å². The van der Waals surface area contributed by atoms with Crippen LogP contribution in [0.2, 0.25) is 0 Å². The Morgan fingerprint density at radius 2 is 1.93 bits per heavy atom. The van der Waals surface area contributed by atoms with Gasteiger partial charge in [0.1, 0.15) is 5.82 Å². The van der Waals surface area contributed by atoms with E-state index in [-0.39, 0.29) is 30.4 Å². The van der Waals surface area contributed by atoms with E-state index in [0.29, 0.717) is 38.9 Å². The van der Waals surface area contributed by atoms with Crippen LogP contribution in [0.4, 0.5) is 17.6 Å². The van der Waals surface area contributed by atoms with Gasteiger partial charge in [-0.1, -0.05) is 6.07 Å². The molecule has 0 amide bonds. The fourth-order valence-corrected chi connectivity index (χ4v) is 4.03. The van der Waals surface area contributed by atoms with Crippen molar-refractivity contribution in [3.05, 3.63) is 35.1 Å². The third-order valence-corrected chi connectivity index (χ3v) is 6.02. The van der Waals surface area contributed by atoms with Crippen molar-refractivity contribution in [1.29, 1.82) is 0 Å².